The Kier molecular flexibility index (Phi) is 6.51. The van der Waals surface area contributed by atoms with Gasteiger partial charge in [0.05, 0.1) is 23.4 Å². The first-order valence-corrected chi connectivity index (χ1v) is 7.23. The third kappa shape index (κ3) is 4.52. The van der Waals surface area contributed by atoms with Crippen molar-refractivity contribution in [2.75, 3.05) is 12.8 Å². The number of anilines is 1. The molecule has 2 aromatic rings. The van der Waals surface area contributed by atoms with Crippen LogP contribution in [0.25, 0.3) is 0 Å². The van der Waals surface area contributed by atoms with Gasteiger partial charge in [-0.3, -0.25) is 0 Å². The van der Waals surface area contributed by atoms with Crippen LogP contribution in [0.5, 0.6) is 5.75 Å². The molecule has 0 unspecified atom stereocenters. The molecule has 22 heavy (non-hydrogen) atoms. The summed E-state index contributed by atoms with van der Waals surface area (Å²) >= 11 is 0. The number of rotatable bonds is 4. The van der Waals surface area contributed by atoms with Gasteiger partial charge < -0.3 is 15.0 Å². The zero-order chi connectivity index (χ0) is 15.5. The molecule has 110 valence electrons. The van der Waals surface area contributed by atoms with Gasteiger partial charge in [0.1, 0.15) is 21.6 Å². The molecule has 0 spiro atoms. The Morgan fingerprint density at radius 3 is 2.45 bits per heavy atom. The summed E-state index contributed by atoms with van der Waals surface area (Å²) < 4.78 is 38.4. The Labute approximate surface area is 150 Å². The fraction of sp³-hybridized carbons (Fsp3) is 0.0769. The van der Waals surface area contributed by atoms with Crippen LogP contribution in [0.4, 0.5) is 17.1 Å². The summed E-state index contributed by atoms with van der Waals surface area (Å²) in [5, 5.41) is 7.68. The molecule has 0 radical (unpaired) electrons. The van der Waals surface area contributed by atoms with E-state index < -0.39 is 15.0 Å². The third-order valence-corrected chi connectivity index (χ3v) is 3.51. The molecular formula is C13H12N3NaO4S. The number of hydrogen-bond acceptors (Lipinski definition) is 7. The van der Waals surface area contributed by atoms with E-state index in [0.29, 0.717) is 17.1 Å². The van der Waals surface area contributed by atoms with Gasteiger partial charge >= 0.3 is 29.6 Å². The summed E-state index contributed by atoms with van der Waals surface area (Å²) in [6, 6.07) is 10.3. The van der Waals surface area contributed by atoms with Crippen LogP contribution in [0, 0.1) is 0 Å². The number of benzene rings is 2. The number of methoxy groups -OCH3 is 1. The van der Waals surface area contributed by atoms with Gasteiger partial charge in [-0.25, -0.2) is 8.42 Å². The second-order valence-electron chi connectivity index (χ2n) is 4.05. The van der Waals surface area contributed by atoms with Crippen molar-refractivity contribution in [1.82, 2.24) is 0 Å². The third-order valence-electron chi connectivity index (χ3n) is 2.62. The minimum Gasteiger partial charge on any atom is -0.744 e. The SMILES string of the molecule is COc1cc(N=Nc2ccccc2S(=O)(=O)[O-])ccc1N.[Na+]. The summed E-state index contributed by atoms with van der Waals surface area (Å²) in [5.74, 6) is 0.427. The summed E-state index contributed by atoms with van der Waals surface area (Å²) in [4.78, 5) is -0.420. The molecule has 2 aromatic carbocycles. The van der Waals surface area contributed by atoms with E-state index >= 15 is 0 Å². The van der Waals surface area contributed by atoms with E-state index in [1.807, 2.05) is 0 Å². The van der Waals surface area contributed by atoms with E-state index in [0.717, 1.165) is 0 Å². The maximum Gasteiger partial charge on any atom is 1.00 e. The maximum absolute atomic E-state index is 11.1. The quantitative estimate of drug-likeness (QED) is 0.354. The van der Waals surface area contributed by atoms with Crippen molar-refractivity contribution in [3.05, 3.63) is 42.5 Å². The molecule has 2 rings (SSSR count). The zero-order valence-corrected chi connectivity index (χ0v) is 14.9. The van der Waals surface area contributed by atoms with Crippen LogP contribution in [0.15, 0.2) is 57.6 Å². The molecule has 0 aliphatic heterocycles. The predicted molar refractivity (Wildman–Crippen MR) is 76.0 cm³/mol. The number of nitrogens with two attached hydrogens (primary N) is 1. The van der Waals surface area contributed by atoms with Crippen LogP contribution in [-0.4, -0.2) is 20.1 Å². The molecule has 9 heteroatoms. The van der Waals surface area contributed by atoms with E-state index in [2.05, 4.69) is 10.2 Å². The van der Waals surface area contributed by atoms with E-state index in [-0.39, 0.29) is 35.2 Å². The van der Waals surface area contributed by atoms with Gasteiger partial charge in [0, 0.05) is 6.07 Å². The molecule has 0 saturated carbocycles. The van der Waals surface area contributed by atoms with Gasteiger partial charge in [-0.2, -0.15) is 5.11 Å². The number of nitrogens with zero attached hydrogens (tertiary/aromatic N) is 2. The first kappa shape index (κ1) is 18.6. The van der Waals surface area contributed by atoms with E-state index in [1.165, 1.54) is 25.3 Å². The first-order valence-electron chi connectivity index (χ1n) is 5.82. The van der Waals surface area contributed by atoms with Crippen molar-refractivity contribution in [2.45, 2.75) is 4.90 Å². The molecule has 0 heterocycles. The van der Waals surface area contributed by atoms with Gasteiger partial charge in [-0.05, 0) is 24.3 Å². The molecule has 2 N–H and O–H groups in total. The van der Waals surface area contributed by atoms with Crippen LogP contribution in [0.3, 0.4) is 0 Å². The van der Waals surface area contributed by atoms with Gasteiger partial charge in [0.25, 0.3) is 0 Å². The fourth-order valence-electron chi connectivity index (χ4n) is 1.62. The molecule has 7 nitrogen and oxygen atoms in total. The number of azo groups is 1. The molecule has 0 fully saturated rings. The van der Waals surface area contributed by atoms with Gasteiger partial charge in [0.15, 0.2) is 0 Å². The predicted octanol–water partition coefficient (Wildman–Crippen LogP) is -0.399. The molecule has 0 aromatic heterocycles. The molecule has 0 aliphatic rings. The Morgan fingerprint density at radius 2 is 1.82 bits per heavy atom. The topological polar surface area (TPSA) is 117 Å². The largest absolute Gasteiger partial charge is 1.00 e. The maximum atomic E-state index is 11.1. The Balaban J connectivity index is 0.00000242. The van der Waals surface area contributed by atoms with Crippen molar-refractivity contribution in [2.24, 2.45) is 10.2 Å². The summed E-state index contributed by atoms with van der Waals surface area (Å²) in [7, 11) is -3.14. The van der Waals surface area contributed by atoms with Crippen molar-refractivity contribution in [1.29, 1.82) is 0 Å². The summed E-state index contributed by atoms with van der Waals surface area (Å²) in [5.41, 5.74) is 6.51. The van der Waals surface area contributed by atoms with Crippen molar-refractivity contribution >= 4 is 27.2 Å². The Morgan fingerprint density at radius 1 is 1.14 bits per heavy atom. The summed E-state index contributed by atoms with van der Waals surface area (Å²) in [6.07, 6.45) is 0. The molecule has 0 aliphatic carbocycles. The van der Waals surface area contributed by atoms with Crippen LogP contribution in [0.2, 0.25) is 0 Å². The molecule has 0 amide bonds. The minimum absolute atomic E-state index is 0. The second-order valence-corrected chi connectivity index (χ2v) is 5.40. The first-order chi connectivity index (χ1) is 9.91. The molecule has 0 saturated heterocycles. The van der Waals surface area contributed by atoms with E-state index in [9.17, 15) is 13.0 Å². The van der Waals surface area contributed by atoms with Gasteiger partial charge in [-0.15, -0.1) is 5.11 Å². The van der Waals surface area contributed by atoms with Crippen LogP contribution >= 0.6 is 0 Å². The standard InChI is InChI=1S/C13H13N3O4S.Na/c1-20-12-8-9(6-7-10(12)14)15-16-11-4-2-3-5-13(11)21(17,18)19;/h2-8H,14H2,1H3,(H,17,18,19);/q;+1/p-1. The smallest absolute Gasteiger partial charge is 0.744 e. The van der Waals surface area contributed by atoms with Crippen LogP contribution < -0.4 is 40.0 Å². The Hall–Kier alpha value is -1.45. The van der Waals surface area contributed by atoms with Crippen molar-refractivity contribution in [3.63, 3.8) is 0 Å². The van der Waals surface area contributed by atoms with E-state index in [4.69, 9.17) is 10.5 Å². The fourth-order valence-corrected chi connectivity index (χ4v) is 2.24. The molecule has 0 atom stereocenters. The number of hydrogen-bond donors (Lipinski definition) is 1. The Bertz CT molecular complexity index is 794. The van der Waals surface area contributed by atoms with Crippen molar-refractivity contribution in [3.8, 4) is 5.75 Å². The average Bonchev–Trinajstić information content (AvgIpc) is 2.45. The van der Waals surface area contributed by atoms with Crippen LogP contribution in [0.1, 0.15) is 0 Å². The average molecular weight is 329 g/mol. The minimum atomic E-state index is -4.61. The monoisotopic (exact) mass is 329 g/mol. The van der Waals surface area contributed by atoms with Crippen molar-refractivity contribution < 1.29 is 47.3 Å². The second kappa shape index (κ2) is 7.70. The van der Waals surface area contributed by atoms with Gasteiger partial charge in [-0.1, -0.05) is 12.1 Å². The molecule has 0 bridgehead atoms. The zero-order valence-electron chi connectivity index (χ0n) is 12.1. The normalized spacial score (nSPS) is 11.2. The summed E-state index contributed by atoms with van der Waals surface area (Å²) in [6.45, 7) is 0. The molecular weight excluding hydrogens is 317 g/mol. The number of nitrogen functional groups attached to an aromatic ring is 1. The number of ether oxygens (including phenoxy) is 1. The van der Waals surface area contributed by atoms with Gasteiger partial charge in [0.2, 0.25) is 0 Å². The van der Waals surface area contributed by atoms with Crippen LogP contribution in [-0.2, 0) is 10.1 Å². The van der Waals surface area contributed by atoms with E-state index in [1.54, 1.807) is 24.3 Å².